The third-order valence-corrected chi connectivity index (χ3v) is 3.24. The van der Waals surface area contributed by atoms with Crippen LogP contribution < -0.4 is 10.6 Å². The van der Waals surface area contributed by atoms with Gasteiger partial charge in [-0.1, -0.05) is 30.3 Å². The van der Waals surface area contributed by atoms with E-state index in [1.54, 1.807) is 24.3 Å². The zero-order valence-corrected chi connectivity index (χ0v) is 13.1. The first-order valence-corrected chi connectivity index (χ1v) is 7.41. The molecular weight excluding hydrogens is 311 g/mol. The number of ketones is 1. The van der Waals surface area contributed by atoms with Gasteiger partial charge in [-0.05, 0) is 18.2 Å². The van der Waals surface area contributed by atoms with Crippen molar-refractivity contribution in [3.05, 3.63) is 59.9 Å². The molecular formula is C18H17FN2O3. The summed E-state index contributed by atoms with van der Waals surface area (Å²) >= 11 is 0. The molecule has 2 amide bonds. The topological polar surface area (TPSA) is 75.3 Å². The molecule has 0 heterocycles. The molecule has 0 atom stereocenters. The maximum absolute atomic E-state index is 13.5. The van der Waals surface area contributed by atoms with E-state index in [1.807, 2.05) is 6.07 Å². The van der Waals surface area contributed by atoms with E-state index in [4.69, 9.17) is 0 Å². The van der Waals surface area contributed by atoms with Crippen molar-refractivity contribution in [2.45, 2.75) is 19.8 Å². The van der Waals surface area contributed by atoms with Gasteiger partial charge < -0.3 is 10.6 Å². The van der Waals surface area contributed by atoms with Crippen molar-refractivity contribution >= 4 is 29.0 Å². The maximum atomic E-state index is 13.5. The molecule has 5 nitrogen and oxygen atoms in total. The molecule has 0 spiro atoms. The van der Waals surface area contributed by atoms with Crippen LogP contribution in [0.1, 0.15) is 30.1 Å². The number of hydrogen-bond donors (Lipinski definition) is 2. The van der Waals surface area contributed by atoms with Crippen LogP contribution in [0, 0.1) is 5.82 Å². The summed E-state index contributed by atoms with van der Waals surface area (Å²) < 4.78 is 13.5. The van der Waals surface area contributed by atoms with Gasteiger partial charge in [-0.3, -0.25) is 14.4 Å². The fourth-order valence-electron chi connectivity index (χ4n) is 2.11. The normalized spacial score (nSPS) is 10.1. The maximum Gasteiger partial charge on any atom is 0.224 e. The SMILES string of the molecule is CC(=O)Nc1cc(NC(=O)CCC(=O)c2ccccc2)ccc1F. The zero-order chi connectivity index (χ0) is 17.5. The van der Waals surface area contributed by atoms with Gasteiger partial charge in [0.05, 0.1) is 5.69 Å². The predicted molar refractivity (Wildman–Crippen MR) is 89.3 cm³/mol. The number of amides is 2. The predicted octanol–water partition coefficient (Wildman–Crippen LogP) is 3.39. The number of benzene rings is 2. The van der Waals surface area contributed by atoms with Crippen molar-refractivity contribution in [2.75, 3.05) is 10.6 Å². The highest BCUT2D eigenvalue weighted by Crippen LogP contribution is 2.20. The Bertz CT molecular complexity index is 760. The molecule has 0 aliphatic carbocycles. The van der Waals surface area contributed by atoms with E-state index >= 15 is 0 Å². The molecule has 0 aliphatic rings. The first kappa shape index (κ1) is 17.3. The highest BCUT2D eigenvalue weighted by Gasteiger charge is 2.11. The number of carbonyl (C=O) groups excluding carboxylic acids is 3. The highest BCUT2D eigenvalue weighted by molar-refractivity contribution is 6.00. The average molecular weight is 328 g/mol. The third-order valence-electron chi connectivity index (χ3n) is 3.24. The fourth-order valence-corrected chi connectivity index (χ4v) is 2.11. The highest BCUT2D eigenvalue weighted by atomic mass is 19.1. The van der Waals surface area contributed by atoms with Gasteiger partial charge in [0.25, 0.3) is 0 Å². The van der Waals surface area contributed by atoms with Crippen molar-refractivity contribution in [3.8, 4) is 0 Å². The summed E-state index contributed by atoms with van der Waals surface area (Å²) in [5.41, 5.74) is 0.887. The van der Waals surface area contributed by atoms with Crippen LogP contribution in [-0.4, -0.2) is 17.6 Å². The number of halogens is 1. The fraction of sp³-hybridized carbons (Fsp3) is 0.167. The van der Waals surface area contributed by atoms with Crippen molar-refractivity contribution < 1.29 is 18.8 Å². The van der Waals surface area contributed by atoms with Crippen LogP contribution in [-0.2, 0) is 9.59 Å². The summed E-state index contributed by atoms with van der Waals surface area (Å²) in [5, 5.41) is 4.92. The summed E-state index contributed by atoms with van der Waals surface area (Å²) in [6.45, 7) is 1.26. The molecule has 0 saturated heterocycles. The van der Waals surface area contributed by atoms with Gasteiger partial charge in [0.1, 0.15) is 5.82 Å². The van der Waals surface area contributed by atoms with Crippen LogP contribution in [0.4, 0.5) is 15.8 Å². The molecule has 0 unspecified atom stereocenters. The first-order chi connectivity index (χ1) is 11.5. The van der Waals surface area contributed by atoms with E-state index in [9.17, 15) is 18.8 Å². The second-order valence-corrected chi connectivity index (χ2v) is 5.21. The molecule has 0 fully saturated rings. The number of nitrogens with one attached hydrogen (secondary N) is 2. The molecule has 2 rings (SSSR count). The number of carbonyl (C=O) groups is 3. The second kappa shape index (κ2) is 8.01. The quantitative estimate of drug-likeness (QED) is 0.798. The molecule has 6 heteroatoms. The monoisotopic (exact) mass is 328 g/mol. The Morgan fingerprint density at radius 2 is 1.67 bits per heavy atom. The van der Waals surface area contributed by atoms with Gasteiger partial charge in [-0.25, -0.2) is 4.39 Å². The Balaban J connectivity index is 1.93. The molecule has 2 aromatic carbocycles. The van der Waals surface area contributed by atoms with Gasteiger partial charge in [-0.15, -0.1) is 0 Å². The van der Waals surface area contributed by atoms with Crippen molar-refractivity contribution in [1.82, 2.24) is 0 Å². The Labute approximate surface area is 138 Å². The first-order valence-electron chi connectivity index (χ1n) is 7.41. The average Bonchev–Trinajstić information content (AvgIpc) is 2.56. The second-order valence-electron chi connectivity index (χ2n) is 5.21. The molecule has 0 radical (unpaired) electrons. The van der Waals surface area contributed by atoms with E-state index in [2.05, 4.69) is 10.6 Å². The lowest BCUT2D eigenvalue weighted by atomic mass is 10.1. The number of rotatable bonds is 6. The molecule has 0 bridgehead atoms. The lowest BCUT2D eigenvalue weighted by molar-refractivity contribution is -0.116. The molecule has 24 heavy (non-hydrogen) atoms. The molecule has 0 aliphatic heterocycles. The van der Waals surface area contributed by atoms with Crippen LogP contribution in [0.2, 0.25) is 0 Å². The van der Waals surface area contributed by atoms with Gasteiger partial charge in [0.2, 0.25) is 11.8 Å². The van der Waals surface area contributed by atoms with Crippen LogP contribution in [0.3, 0.4) is 0 Å². The van der Waals surface area contributed by atoms with Crippen LogP contribution in [0.15, 0.2) is 48.5 Å². The summed E-state index contributed by atoms with van der Waals surface area (Å²) in [6.07, 6.45) is 0.0934. The number of Topliss-reactive ketones (excluding diaryl/α,β-unsaturated/α-hetero) is 1. The van der Waals surface area contributed by atoms with Crippen molar-refractivity contribution in [1.29, 1.82) is 0 Å². The van der Waals surface area contributed by atoms with Gasteiger partial charge in [0.15, 0.2) is 5.78 Å². The Morgan fingerprint density at radius 1 is 0.958 bits per heavy atom. The molecule has 0 aromatic heterocycles. The van der Waals surface area contributed by atoms with Gasteiger partial charge in [-0.2, -0.15) is 0 Å². The smallest absolute Gasteiger partial charge is 0.224 e. The van der Waals surface area contributed by atoms with Crippen molar-refractivity contribution in [2.24, 2.45) is 0 Å². The Morgan fingerprint density at radius 3 is 2.33 bits per heavy atom. The van der Waals surface area contributed by atoms with Crippen molar-refractivity contribution in [3.63, 3.8) is 0 Å². The zero-order valence-electron chi connectivity index (χ0n) is 13.1. The molecule has 2 aromatic rings. The minimum Gasteiger partial charge on any atom is -0.326 e. The van der Waals surface area contributed by atoms with Crippen LogP contribution >= 0.6 is 0 Å². The molecule has 0 saturated carbocycles. The van der Waals surface area contributed by atoms with Crippen LogP contribution in [0.25, 0.3) is 0 Å². The molecule has 2 N–H and O–H groups in total. The van der Waals surface area contributed by atoms with Gasteiger partial charge >= 0.3 is 0 Å². The van der Waals surface area contributed by atoms with E-state index in [0.29, 0.717) is 11.3 Å². The lowest BCUT2D eigenvalue weighted by Gasteiger charge is -2.09. The summed E-state index contributed by atoms with van der Waals surface area (Å²) in [6, 6.07) is 12.6. The Kier molecular flexibility index (Phi) is 5.78. The summed E-state index contributed by atoms with van der Waals surface area (Å²) in [5.74, 6) is -1.49. The minimum atomic E-state index is -0.595. The van der Waals surface area contributed by atoms with E-state index in [0.717, 1.165) is 6.07 Å². The Hall–Kier alpha value is -3.02. The number of anilines is 2. The summed E-state index contributed by atoms with van der Waals surface area (Å²) in [4.78, 5) is 34.9. The van der Waals surface area contributed by atoms with E-state index in [-0.39, 0.29) is 30.2 Å². The largest absolute Gasteiger partial charge is 0.326 e. The van der Waals surface area contributed by atoms with Gasteiger partial charge in [0, 0.05) is 31.0 Å². The van der Waals surface area contributed by atoms with E-state index < -0.39 is 11.7 Å². The standard InChI is InChI=1S/C18H17FN2O3/c1-12(22)20-16-11-14(7-8-15(16)19)21-18(24)10-9-17(23)13-5-3-2-4-6-13/h2-8,11H,9-10H2,1H3,(H,20,22)(H,21,24). The van der Waals surface area contributed by atoms with E-state index in [1.165, 1.54) is 19.1 Å². The third kappa shape index (κ3) is 5.01. The molecule has 124 valence electrons. The lowest BCUT2D eigenvalue weighted by Crippen LogP contribution is -2.14. The summed E-state index contributed by atoms with van der Waals surface area (Å²) in [7, 11) is 0. The number of hydrogen-bond acceptors (Lipinski definition) is 3. The van der Waals surface area contributed by atoms with Crippen LogP contribution in [0.5, 0.6) is 0 Å². The minimum absolute atomic E-state index is 0.0133.